The van der Waals surface area contributed by atoms with E-state index in [4.69, 9.17) is 28.4 Å². The van der Waals surface area contributed by atoms with Crippen molar-refractivity contribution in [2.45, 2.75) is 37.3 Å². The Bertz CT molecular complexity index is 3720. The Hall–Kier alpha value is -8.54. The zero-order chi connectivity index (χ0) is 53.3. The van der Waals surface area contributed by atoms with Gasteiger partial charge in [0.2, 0.25) is 0 Å². The van der Waals surface area contributed by atoms with Crippen LogP contribution in [0.2, 0.25) is 0 Å². The molecule has 0 spiro atoms. The number of anilines is 2. The highest BCUT2D eigenvalue weighted by Gasteiger charge is 2.41. The van der Waals surface area contributed by atoms with Crippen molar-refractivity contribution in [2.24, 2.45) is 0 Å². The number of nitrogens with zero attached hydrogens (tertiary/aromatic N) is 2. The van der Waals surface area contributed by atoms with E-state index in [2.05, 4.69) is 137 Å². The fourth-order valence-corrected chi connectivity index (χ4v) is 12.2. The first kappa shape index (κ1) is 50.0. The first-order valence-electron chi connectivity index (χ1n) is 27.5. The third-order valence-electron chi connectivity index (χ3n) is 16.2. The smallest absolute Gasteiger partial charge is 0.178 e. The normalized spacial score (nSPS) is 18.5. The third-order valence-corrected chi connectivity index (χ3v) is 16.2. The van der Waals surface area contributed by atoms with Gasteiger partial charge in [0.1, 0.15) is 42.0 Å². The lowest BCUT2D eigenvalue weighted by Gasteiger charge is -2.38. The lowest BCUT2D eigenvalue weighted by Crippen LogP contribution is -2.37. The summed E-state index contributed by atoms with van der Waals surface area (Å²) in [5.41, 5.74) is 9.95. The van der Waals surface area contributed by atoms with Crippen LogP contribution in [0.4, 0.5) is 11.4 Å². The molecule has 4 aliphatic heterocycles. The van der Waals surface area contributed by atoms with E-state index in [-0.39, 0.29) is 19.8 Å². The van der Waals surface area contributed by atoms with Gasteiger partial charge in [-0.3, -0.25) is 0 Å². The summed E-state index contributed by atoms with van der Waals surface area (Å²) in [6.45, 7) is 5.16. The number of ether oxygens (including phenoxy) is 6. The number of rotatable bonds is 15. The van der Waals surface area contributed by atoms with Crippen LogP contribution >= 0.6 is 0 Å². The summed E-state index contributed by atoms with van der Waals surface area (Å²) in [4.78, 5) is 4.85. The Kier molecular flexibility index (Phi) is 13.5. The lowest BCUT2D eigenvalue weighted by atomic mass is 9.81. The fourth-order valence-electron chi connectivity index (χ4n) is 12.2. The van der Waals surface area contributed by atoms with Crippen molar-refractivity contribution >= 4 is 45.1 Å². The minimum Gasteiger partial charge on any atom is -0.497 e. The molecule has 10 heteroatoms. The molecule has 0 bridgehead atoms. The Morgan fingerprint density at radius 2 is 1.16 bits per heavy atom. The van der Waals surface area contributed by atoms with Crippen molar-refractivity contribution in [1.82, 2.24) is 0 Å². The van der Waals surface area contributed by atoms with Gasteiger partial charge in [0, 0.05) is 87.8 Å². The molecule has 4 aliphatic rings. The highest BCUT2D eigenvalue weighted by atomic mass is 16.5. The zero-order valence-corrected chi connectivity index (χ0v) is 44.3. The van der Waals surface area contributed by atoms with Crippen LogP contribution in [0.3, 0.4) is 0 Å². The standard InChI is InChI=1S/C69H62N2O8/c1-74-56-29-30-59-61(43-56)67-60(32-34-69(79-67,50-14-6-3-7-15-50)51-19-23-53(24-20-51)70-35-8-9-36-70)62(45-73)65(59)47-17-25-55(26-18-47)77-46-48-11-10-16-58-57-31-33-68(49-12-4-2-5-13-49,52-21-27-54(28-22-52)76-42-39-72)78-64(57)44-63(66(48)58)71-37-40-75-41-38-71/h2-7,10-34,43-44,72-73H,8-9,35-42,45-46H2,1H3. The van der Waals surface area contributed by atoms with Crippen molar-refractivity contribution in [3.8, 4) is 39.9 Å². The van der Waals surface area contributed by atoms with Gasteiger partial charge in [-0.1, -0.05) is 121 Å². The highest BCUT2D eigenvalue weighted by Crippen LogP contribution is 2.52. The number of methoxy groups -OCH3 is 1. The van der Waals surface area contributed by atoms with E-state index in [1.807, 2.05) is 72.8 Å². The molecule has 79 heavy (non-hydrogen) atoms. The number of hydrogen-bond acceptors (Lipinski definition) is 10. The molecule has 0 aromatic heterocycles. The van der Waals surface area contributed by atoms with Crippen LogP contribution in [0.1, 0.15) is 57.3 Å². The molecule has 2 fully saturated rings. The zero-order valence-electron chi connectivity index (χ0n) is 44.3. The van der Waals surface area contributed by atoms with Gasteiger partial charge >= 0.3 is 0 Å². The van der Waals surface area contributed by atoms with Gasteiger partial charge in [0.15, 0.2) is 11.2 Å². The fraction of sp³-hybridized carbons (Fsp3) is 0.217. The largest absolute Gasteiger partial charge is 0.497 e. The second-order valence-corrected chi connectivity index (χ2v) is 20.6. The minimum absolute atomic E-state index is 0.0566. The summed E-state index contributed by atoms with van der Waals surface area (Å²) >= 11 is 0. The molecular formula is C69H62N2O8. The molecular weight excluding hydrogens is 985 g/mol. The average Bonchev–Trinajstić information content (AvgIpc) is 3.94. The molecule has 0 saturated carbocycles. The first-order valence-corrected chi connectivity index (χ1v) is 27.5. The Morgan fingerprint density at radius 3 is 1.84 bits per heavy atom. The number of morpholine rings is 1. The van der Waals surface area contributed by atoms with Gasteiger partial charge in [0.05, 0.1) is 33.5 Å². The number of aliphatic hydroxyl groups excluding tert-OH is 2. The van der Waals surface area contributed by atoms with Crippen molar-refractivity contribution in [2.75, 3.05) is 69.5 Å². The van der Waals surface area contributed by atoms with E-state index >= 15 is 0 Å². The van der Waals surface area contributed by atoms with Gasteiger partial charge < -0.3 is 48.4 Å². The molecule has 2 saturated heterocycles. The number of fused-ring (bicyclic) bond motifs is 6. The van der Waals surface area contributed by atoms with Crippen molar-refractivity contribution in [3.63, 3.8) is 0 Å². The summed E-state index contributed by atoms with van der Waals surface area (Å²) < 4.78 is 39.0. The van der Waals surface area contributed by atoms with Crippen LogP contribution in [0, 0.1) is 0 Å². The van der Waals surface area contributed by atoms with Gasteiger partial charge in [-0.2, -0.15) is 0 Å². The summed E-state index contributed by atoms with van der Waals surface area (Å²) in [5.74, 6) is 3.59. The number of hydrogen-bond donors (Lipinski definition) is 2. The van der Waals surface area contributed by atoms with Gasteiger partial charge in [-0.05, 0) is 119 Å². The monoisotopic (exact) mass is 1050 g/mol. The number of benzene rings is 9. The molecule has 0 amide bonds. The van der Waals surface area contributed by atoms with E-state index in [0.29, 0.717) is 37.1 Å². The van der Waals surface area contributed by atoms with Gasteiger partial charge in [0.25, 0.3) is 0 Å². The van der Waals surface area contributed by atoms with E-state index < -0.39 is 11.2 Å². The summed E-state index contributed by atoms with van der Waals surface area (Å²) in [6, 6.07) is 60.4. The van der Waals surface area contributed by atoms with Crippen LogP contribution in [0.5, 0.6) is 28.7 Å². The lowest BCUT2D eigenvalue weighted by molar-refractivity contribution is 0.122. The second kappa shape index (κ2) is 21.4. The Balaban J connectivity index is 0.843. The quantitative estimate of drug-likeness (QED) is 0.103. The first-order chi connectivity index (χ1) is 39.0. The third kappa shape index (κ3) is 9.09. The van der Waals surface area contributed by atoms with E-state index in [1.165, 1.54) is 18.5 Å². The second-order valence-electron chi connectivity index (χ2n) is 20.6. The summed E-state index contributed by atoms with van der Waals surface area (Å²) in [5, 5.41) is 24.8. The van der Waals surface area contributed by atoms with Crippen molar-refractivity contribution in [1.29, 1.82) is 0 Å². The number of aliphatic hydroxyl groups is 2. The van der Waals surface area contributed by atoms with E-state index in [1.54, 1.807) is 7.11 Å². The maximum Gasteiger partial charge on any atom is 0.178 e. The molecule has 4 heterocycles. The maximum absolute atomic E-state index is 11.4. The topological polar surface area (TPSA) is 102 Å². The minimum atomic E-state index is -0.933. The van der Waals surface area contributed by atoms with Crippen LogP contribution in [-0.2, 0) is 29.2 Å². The Morgan fingerprint density at radius 1 is 0.544 bits per heavy atom. The molecule has 13 rings (SSSR count). The average molecular weight is 1050 g/mol. The van der Waals surface area contributed by atoms with Crippen molar-refractivity contribution < 1.29 is 38.6 Å². The van der Waals surface area contributed by atoms with E-state index in [0.717, 1.165) is 121 Å². The molecule has 9 aromatic rings. The summed E-state index contributed by atoms with van der Waals surface area (Å²) in [6.07, 6.45) is 11.1. The molecule has 0 aliphatic carbocycles. The van der Waals surface area contributed by atoms with Gasteiger partial charge in [-0.15, -0.1) is 0 Å². The molecule has 9 aromatic carbocycles. The predicted octanol–water partition coefficient (Wildman–Crippen LogP) is 13.2. The van der Waals surface area contributed by atoms with Gasteiger partial charge in [-0.25, -0.2) is 0 Å². The predicted molar refractivity (Wildman–Crippen MR) is 314 cm³/mol. The molecule has 396 valence electrons. The summed E-state index contributed by atoms with van der Waals surface area (Å²) in [7, 11) is 1.68. The molecule has 10 nitrogen and oxygen atoms in total. The van der Waals surface area contributed by atoms with E-state index in [9.17, 15) is 10.2 Å². The molecule has 0 radical (unpaired) electrons. The molecule has 2 atom stereocenters. The molecule has 2 N–H and O–H groups in total. The van der Waals surface area contributed by atoms with Crippen LogP contribution < -0.4 is 33.5 Å². The van der Waals surface area contributed by atoms with Crippen LogP contribution in [0.25, 0.3) is 44.8 Å². The van der Waals surface area contributed by atoms with Crippen LogP contribution in [-0.4, -0.2) is 69.9 Å². The van der Waals surface area contributed by atoms with Crippen molar-refractivity contribution in [3.05, 3.63) is 233 Å². The molecule has 2 unspecified atom stereocenters. The maximum atomic E-state index is 11.4. The SMILES string of the molecule is COc1ccc2c(-c3ccc(OCc4cccc5c6c(cc(N7CCOCC7)c45)OC(c4ccccc4)(c4ccc(OCCO)cc4)C=C6)cc3)c(CO)c3c(c2c1)OC(c1ccccc1)(c1ccc(N2CCCC2)cc1)C=C3. The Labute approximate surface area is 460 Å². The van der Waals surface area contributed by atoms with Crippen LogP contribution in [0.15, 0.2) is 188 Å². The highest BCUT2D eigenvalue weighted by molar-refractivity contribution is 6.06.